The third-order valence-corrected chi connectivity index (χ3v) is 5.89. The number of anilines is 1. The summed E-state index contributed by atoms with van der Waals surface area (Å²) < 4.78 is 0. The molecule has 0 bridgehead atoms. The summed E-state index contributed by atoms with van der Waals surface area (Å²) >= 11 is 0. The number of nitrogens with one attached hydrogen (secondary N) is 1. The van der Waals surface area contributed by atoms with Gasteiger partial charge in [-0.15, -0.1) is 0 Å². The van der Waals surface area contributed by atoms with Crippen LogP contribution < -0.4 is 10.3 Å². The summed E-state index contributed by atoms with van der Waals surface area (Å²) in [6.07, 6.45) is 2.72. The maximum atomic E-state index is 12.3. The van der Waals surface area contributed by atoms with Crippen molar-refractivity contribution in [3.8, 4) is 0 Å². The van der Waals surface area contributed by atoms with Crippen molar-refractivity contribution in [3.63, 3.8) is 0 Å². The number of hydrogen-bond acceptors (Lipinski definition) is 5. The molecule has 1 unspecified atom stereocenters. The van der Waals surface area contributed by atoms with Crippen molar-refractivity contribution in [1.29, 1.82) is 0 Å². The number of nitro groups is 1. The third-order valence-electron chi connectivity index (χ3n) is 5.89. The number of non-ortho nitro benzene ring substituents is 1. The van der Waals surface area contributed by atoms with Crippen molar-refractivity contribution in [2.24, 2.45) is 5.10 Å². The van der Waals surface area contributed by atoms with Crippen LogP contribution in [0.5, 0.6) is 0 Å². The first-order chi connectivity index (χ1) is 14.5. The Labute approximate surface area is 183 Å². The molecule has 0 aliphatic carbocycles. The number of benzene rings is 2. The number of fused-ring (bicyclic) bond motifs is 1. The standard InChI is InChI=1S/C24H30N4O3/c1-15(2)27-22-11-16(3)19(12-21(22)17(4)13-24(27,5)6)14-25-26-23(29)18-7-9-20(10-8-18)28(30)31/h7-12,14-15,17H,13H2,1-6H3,(H,26,29)/b25-14+. The molecule has 0 saturated carbocycles. The van der Waals surface area contributed by atoms with E-state index >= 15 is 0 Å². The predicted octanol–water partition coefficient (Wildman–Crippen LogP) is 5.17. The van der Waals surface area contributed by atoms with Crippen LogP contribution in [0, 0.1) is 17.0 Å². The van der Waals surface area contributed by atoms with E-state index in [4.69, 9.17) is 0 Å². The molecule has 1 amide bonds. The smallest absolute Gasteiger partial charge is 0.271 e. The fraction of sp³-hybridized carbons (Fsp3) is 0.417. The molecule has 7 nitrogen and oxygen atoms in total. The number of hydrogen-bond donors (Lipinski definition) is 1. The summed E-state index contributed by atoms with van der Waals surface area (Å²) in [5.74, 6) is 0.00492. The van der Waals surface area contributed by atoms with Crippen molar-refractivity contribution in [3.05, 3.63) is 68.8 Å². The molecule has 0 aromatic heterocycles. The van der Waals surface area contributed by atoms with Gasteiger partial charge in [-0.3, -0.25) is 14.9 Å². The van der Waals surface area contributed by atoms with Crippen LogP contribution in [-0.4, -0.2) is 28.6 Å². The van der Waals surface area contributed by atoms with Crippen molar-refractivity contribution >= 4 is 23.5 Å². The number of nitrogens with zero attached hydrogens (tertiary/aromatic N) is 3. The largest absolute Gasteiger partial charge is 0.364 e. The number of carbonyl (C=O) groups excluding carboxylic acids is 1. The first-order valence-electron chi connectivity index (χ1n) is 10.5. The molecule has 0 fully saturated rings. The van der Waals surface area contributed by atoms with E-state index in [1.807, 2.05) is 6.92 Å². The predicted molar refractivity (Wildman–Crippen MR) is 124 cm³/mol. The second kappa shape index (κ2) is 8.49. The molecule has 1 N–H and O–H groups in total. The van der Waals surface area contributed by atoms with Gasteiger partial charge in [0.05, 0.1) is 11.1 Å². The number of rotatable bonds is 5. The molecule has 2 aromatic rings. The number of hydrazone groups is 1. The van der Waals surface area contributed by atoms with E-state index in [0.717, 1.165) is 17.5 Å². The summed E-state index contributed by atoms with van der Waals surface area (Å²) in [6.45, 7) is 13.3. The van der Waals surface area contributed by atoms with Crippen LogP contribution in [0.2, 0.25) is 0 Å². The van der Waals surface area contributed by atoms with Gasteiger partial charge in [-0.1, -0.05) is 6.92 Å². The maximum Gasteiger partial charge on any atom is 0.271 e. The van der Waals surface area contributed by atoms with E-state index < -0.39 is 10.8 Å². The molecule has 0 radical (unpaired) electrons. The van der Waals surface area contributed by atoms with Gasteiger partial charge in [-0.25, -0.2) is 5.43 Å². The normalized spacial score (nSPS) is 17.6. The topological polar surface area (TPSA) is 87.8 Å². The Hall–Kier alpha value is -3.22. The Balaban J connectivity index is 1.81. The highest BCUT2D eigenvalue weighted by molar-refractivity contribution is 5.95. The molecule has 0 spiro atoms. The minimum absolute atomic E-state index is 0.0579. The molecule has 0 saturated heterocycles. The second-order valence-corrected chi connectivity index (χ2v) is 9.15. The van der Waals surface area contributed by atoms with Gasteiger partial charge in [0.15, 0.2) is 0 Å². The summed E-state index contributed by atoms with van der Waals surface area (Å²) in [5, 5.41) is 14.9. The molecular formula is C24H30N4O3. The summed E-state index contributed by atoms with van der Waals surface area (Å²) in [6, 6.07) is 10.2. The van der Waals surface area contributed by atoms with E-state index in [9.17, 15) is 14.9 Å². The molecule has 7 heteroatoms. The van der Waals surface area contributed by atoms with Crippen LogP contribution in [-0.2, 0) is 0 Å². The summed E-state index contributed by atoms with van der Waals surface area (Å²) in [4.78, 5) is 25.0. The molecular weight excluding hydrogens is 392 g/mol. The lowest BCUT2D eigenvalue weighted by Gasteiger charge is -2.50. The van der Waals surface area contributed by atoms with Crippen molar-refractivity contribution < 1.29 is 9.72 Å². The molecule has 1 aliphatic heterocycles. The van der Waals surface area contributed by atoms with Crippen molar-refractivity contribution in [1.82, 2.24) is 5.43 Å². The van der Waals surface area contributed by atoms with Gasteiger partial charge in [-0.2, -0.15) is 5.10 Å². The van der Waals surface area contributed by atoms with Crippen LogP contribution in [0.3, 0.4) is 0 Å². The van der Waals surface area contributed by atoms with Crippen LogP contribution in [0.4, 0.5) is 11.4 Å². The molecule has 1 heterocycles. The number of carbonyl (C=O) groups is 1. The van der Waals surface area contributed by atoms with Gasteiger partial charge in [0.2, 0.25) is 0 Å². The Morgan fingerprint density at radius 2 is 1.94 bits per heavy atom. The average molecular weight is 423 g/mol. The molecule has 31 heavy (non-hydrogen) atoms. The first-order valence-corrected chi connectivity index (χ1v) is 10.5. The van der Waals surface area contributed by atoms with Crippen LogP contribution in [0.1, 0.15) is 74.0 Å². The molecule has 1 atom stereocenters. The number of aryl methyl sites for hydroxylation is 1. The summed E-state index contributed by atoms with van der Waals surface area (Å²) in [7, 11) is 0. The Bertz CT molecular complexity index is 1030. The van der Waals surface area contributed by atoms with Gasteiger partial charge in [0.1, 0.15) is 0 Å². The zero-order chi connectivity index (χ0) is 22.9. The fourth-order valence-electron chi connectivity index (χ4n) is 4.69. The maximum absolute atomic E-state index is 12.3. The van der Waals surface area contributed by atoms with Gasteiger partial charge in [0.25, 0.3) is 11.6 Å². The quantitative estimate of drug-likeness (QED) is 0.409. The lowest BCUT2D eigenvalue weighted by atomic mass is 9.78. The minimum Gasteiger partial charge on any atom is -0.364 e. The average Bonchev–Trinajstić information content (AvgIpc) is 2.67. The van der Waals surface area contributed by atoms with Crippen molar-refractivity contribution in [2.45, 2.75) is 65.5 Å². The molecule has 2 aromatic carbocycles. The highest BCUT2D eigenvalue weighted by atomic mass is 16.6. The molecule has 164 valence electrons. The van der Waals surface area contributed by atoms with Gasteiger partial charge in [0, 0.05) is 35.0 Å². The zero-order valence-electron chi connectivity index (χ0n) is 19.0. The molecule has 1 aliphatic rings. The van der Waals surface area contributed by atoms with Crippen LogP contribution in [0.15, 0.2) is 41.5 Å². The van der Waals surface area contributed by atoms with Gasteiger partial charge in [-0.05, 0) is 87.9 Å². The van der Waals surface area contributed by atoms with E-state index in [1.54, 1.807) is 6.21 Å². The Kier molecular flexibility index (Phi) is 6.15. The van der Waals surface area contributed by atoms with Gasteiger partial charge >= 0.3 is 0 Å². The minimum atomic E-state index is -0.499. The highest BCUT2D eigenvalue weighted by Crippen LogP contribution is 2.45. The van der Waals surface area contributed by atoms with Crippen LogP contribution >= 0.6 is 0 Å². The fourth-order valence-corrected chi connectivity index (χ4v) is 4.69. The number of nitro benzene ring substituents is 1. The van der Waals surface area contributed by atoms with Gasteiger partial charge < -0.3 is 4.90 Å². The lowest BCUT2D eigenvalue weighted by molar-refractivity contribution is -0.384. The van der Waals surface area contributed by atoms with Crippen molar-refractivity contribution in [2.75, 3.05) is 4.90 Å². The second-order valence-electron chi connectivity index (χ2n) is 9.15. The third kappa shape index (κ3) is 4.60. The van der Waals surface area contributed by atoms with E-state index in [1.165, 1.54) is 35.5 Å². The Morgan fingerprint density at radius 1 is 1.29 bits per heavy atom. The monoisotopic (exact) mass is 422 g/mol. The zero-order valence-corrected chi connectivity index (χ0v) is 19.0. The SMILES string of the molecule is Cc1cc2c(cc1/C=N/NC(=O)c1ccc([N+](=O)[O-])cc1)C(C)CC(C)(C)N2C(C)C. The lowest BCUT2D eigenvalue weighted by Crippen LogP contribution is -2.51. The Morgan fingerprint density at radius 3 is 2.52 bits per heavy atom. The molecule has 3 rings (SSSR count). The first kappa shape index (κ1) is 22.5. The van der Waals surface area contributed by atoms with Crippen LogP contribution in [0.25, 0.3) is 0 Å². The van der Waals surface area contributed by atoms with E-state index in [2.05, 4.69) is 62.2 Å². The highest BCUT2D eigenvalue weighted by Gasteiger charge is 2.37. The van der Waals surface area contributed by atoms with E-state index in [-0.39, 0.29) is 11.2 Å². The number of amides is 1. The summed E-state index contributed by atoms with van der Waals surface area (Å²) in [5.41, 5.74) is 7.45. The van der Waals surface area contributed by atoms with E-state index in [0.29, 0.717) is 17.5 Å².